The molecule has 0 aliphatic rings. The highest BCUT2D eigenvalue weighted by molar-refractivity contribution is 6.30. The zero-order valence-corrected chi connectivity index (χ0v) is 18.6. The average Bonchev–Trinajstić information content (AvgIpc) is 3.30. The van der Waals surface area contributed by atoms with E-state index in [2.05, 4.69) is 15.8 Å². The molecular weight excluding hydrogens is 442 g/mol. The number of rotatable bonds is 7. The van der Waals surface area contributed by atoms with Gasteiger partial charge in [0.25, 0.3) is 5.91 Å². The van der Waals surface area contributed by atoms with Gasteiger partial charge in [0, 0.05) is 23.4 Å². The first-order valence-corrected chi connectivity index (χ1v) is 10.8. The molecule has 1 atom stereocenters. The fourth-order valence-corrected chi connectivity index (χ4v) is 3.31. The normalized spacial score (nSPS) is 11.7. The number of ether oxygens (including phenoxy) is 1. The Morgan fingerprint density at radius 3 is 2.58 bits per heavy atom. The van der Waals surface area contributed by atoms with Crippen LogP contribution in [0.15, 0.2) is 77.3 Å². The molecule has 2 amide bonds. The Morgan fingerprint density at radius 1 is 1.03 bits per heavy atom. The summed E-state index contributed by atoms with van der Waals surface area (Å²) >= 11 is 5.89. The van der Waals surface area contributed by atoms with Gasteiger partial charge in [-0.3, -0.25) is 20.4 Å². The van der Waals surface area contributed by atoms with E-state index in [9.17, 15) is 9.59 Å². The summed E-state index contributed by atoms with van der Waals surface area (Å²) in [5.74, 6) is 0.762. The van der Waals surface area contributed by atoms with E-state index in [4.69, 9.17) is 20.8 Å². The lowest BCUT2D eigenvalue weighted by atomic mass is 10.1. The van der Waals surface area contributed by atoms with E-state index in [1.54, 1.807) is 31.3 Å². The molecule has 33 heavy (non-hydrogen) atoms. The third kappa shape index (κ3) is 5.90. The van der Waals surface area contributed by atoms with E-state index in [1.165, 1.54) is 0 Å². The molecule has 0 radical (unpaired) electrons. The Kier molecular flexibility index (Phi) is 6.90. The monoisotopic (exact) mass is 463 g/mol. The van der Waals surface area contributed by atoms with Crippen LogP contribution in [-0.2, 0) is 16.0 Å². The van der Waals surface area contributed by atoms with Crippen LogP contribution in [0.1, 0.15) is 19.2 Å². The predicted molar refractivity (Wildman–Crippen MR) is 126 cm³/mol. The molecule has 0 saturated carbocycles. The number of carbonyl (C=O) groups is 2. The summed E-state index contributed by atoms with van der Waals surface area (Å²) in [4.78, 5) is 28.6. The molecule has 4 rings (SSSR count). The maximum Gasteiger partial charge on any atom is 0.279 e. The van der Waals surface area contributed by atoms with Gasteiger partial charge in [-0.05, 0) is 54.1 Å². The van der Waals surface area contributed by atoms with Gasteiger partial charge in [-0.25, -0.2) is 4.98 Å². The van der Waals surface area contributed by atoms with Crippen LogP contribution < -0.4 is 15.6 Å². The molecule has 3 aromatic carbocycles. The van der Waals surface area contributed by atoms with E-state index >= 15 is 0 Å². The van der Waals surface area contributed by atoms with Gasteiger partial charge in [-0.15, -0.1) is 0 Å². The van der Waals surface area contributed by atoms with Gasteiger partial charge in [0.2, 0.25) is 5.91 Å². The van der Waals surface area contributed by atoms with Crippen molar-refractivity contribution in [1.29, 1.82) is 0 Å². The third-order valence-electron chi connectivity index (χ3n) is 4.98. The number of nitrogens with one attached hydrogen (secondary N) is 2. The summed E-state index contributed by atoms with van der Waals surface area (Å²) < 4.78 is 11.4. The lowest BCUT2D eigenvalue weighted by Crippen LogP contribution is -2.47. The Morgan fingerprint density at radius 2 is 1.79 bits per heavy atom. The summed E-state index contributed by atoms with van der Waals surface area (Å²) in [5.41, 5.74) is 5.62. The molecular formula is C25H22ClN3O4. The lowest BCUT2D eigenvalue weighted by molar-refractivity contribution is -0.132. The number of hydrazine groups is 1. The second-order valence-corrected chi connectivity index (χ2v) is 7.87. The zero-order valence-electron chi connectivity index (χ0n) is 17.9. The van der Waals surface area contributed by atoms with Crippen molar-refractivity contribution >= 4 is 34.2 Å². The van der Waals surface area contributed by atoms with Crippen LogP contribution in [0.3, 0.4) is 0 Å². The SMILES string of the molecule is CC(Oc1ccc2ccccc2c1)C(=O)NNC(=O)CCc1ncc(-c2ccc(Cl)cc2)o1. The van der Waals surface area contributed by atoms with Crippen LogP contribution in [0.4, 0.5) is 0 Å². The second kappa shape index (κ2) is 10.2. The van der Waals surface area contributed by atoms with E-state index in [-0.39, 0.29) is 12.3 Å². The smallest absolute Gasteiger partial charge is 0.279 e. The van der Waals surface area contributed by atoms with Crippen molar-refractivity contribution in [2.24, 2.45) is 0 Å². The topological polar surface area (TPSA) is 93.5 Å². The van der Waals surface area contributed by atoms with E-state index in [0.29, 0.717) is 28.8 Å². The van der Waals surface area contributed by atoms with Gasteiger partial charge in [0.05, 0.1) is 6.20 Å². The van der Waals surface area contributed by atoms with Gasteiger partial charge < -0.3 is 9.15 Å². The number of carbonyl (C=O) groups excluding carboxylic acids is 2. The Balaban J connectivity index is 1.22. The van der Waals surface area contributed by atoms with E-state index < -0.39 is 12.0 Å². The second-order valence-electron chi connectivity index (χ2n) is 7.43. The summed E-state index contributed by atoms with van der Waals surface area (Å²) in [5, 5.41) is 2.73. The molecule has 0 fully saturated rings. The summed E-state index contributed by atoms with van der Waals surface area (Å²) in [6, 6.07) is 20.7. The van der Waals surface area contributed by atoms with E-state index in [1.807, 2.05) is 48.5 Å². The van der Waals surface area contributed by atoms with Crippen LogP contribution in [-0.4, -0.2) is 22.9 Å². The fraction of sp³-hybridized carbons (Fsp3) is 0.160. The minimum Gasteiger partial charge on any atom is -0.481 e. The van der Waals surface area contributed by atoms with Crippen molar-refractivity contribution < 1.29 is 18.7 Å². The molecule has 1 heterocycles. The number of oxazole rings is 1. The number of hydrogen-bond acceptors (Lipinski definition) is 5. The molecule has 0 aliphatic carbocycles. The quantitative estimate of drug-likeness (QED) is 0.387. The Hall–Kier alpha value is -3.84. The van der Waals surface area contributed by atoms with Gasteiger partial charge in [-0.2, -0.15) is 0 Å². The molecule has 1 aromatic heterocycles. The number of halogens is 1. The highest BCUT2D eigenvalue weighted by Gasteiger charge is 2.16. The number of amides is 2. The van der Waals surface area contributed by atoms with Gasteiger partial charge >= 0.3 is 0 Å². The summed E-state index contributed by atoms with van der Waals surface area (Å²) in [6.07, 6.45) is 1.20. The molecule has 7 nitrogen and oxygen atoms in total. The molecule has 2 N–H and O–H groups in total. The molecule has 0 bridgehead atoms. The largest absolute Gasteiger partial charge is 0.481 e. The van der Waals surface area contributed by atoms with Gasteiger partial charge in [0.15, 0.2) is 17.8 Å². The molecule has 4 aromatic rings. The summed E-state index contributed by atoms with van der Waals surface area (Å²) in [7, 11) is 0. The van der Waals surface area contributed by atoms with Crippen molar-refractivity contribution in [3.05, 3.63) is 83.8 Å². The molecule has 0 aliphatic heterocycles. The third-order valence-corrected chi connectivity index (χ3v) is 5.23. The number of aryl methyl sites for hydroxylation is 1. The van der Waals surface area contributed by atoms with Crippen molar-refractivity contribution in [3.63, 3.8) is 0 Å². The standard InChI is InChI=1S/C25H22ClN3O4/c1-16(32-21-11-8-17-4-2-3-5-19(17)14-21)25(31)29-28-23(30)12-13-24-27-15-22(33-24)18-6-9-20(26)10-7-18/h2-11,14-16H,12-13H2,1H3,(H,28,30)(H,29,31). The molecule has 0 saturated heterocycles. The number of nitrogens with zero attached hydrogens (tertiary/aromatic N) is 1. The number of benzene rings is 3. The number of aromatic nitrogens is 1. The molecule has 0 spiro atoms. The minimum absolute atomic E-state index is 0.0980. The van der Waals surface area contributed by atoms with Gasteiger partial charge in [-0.1, -0.05) is 41.9 Å². The van der Waals surface area contributed by atoms with Crippen molar-refractivity contribution in [3.8, 4) is 17.1 Å². The van der Waals surface area contributed by atoms with Crippen LogP contribution in [0, 0.1) is 0 Å². The van der Waals surface area contributed by atoms with Crippen molar-refractivity contribution in [2.45, 2.75) is 25.9 Å². The van der Waals surface area contributed by atoms with Crippen LogP contribution in [0.5, 0.6) is 5.75 Å². The summed E-state index contributed by atoms with van der Waals surface area (Å²) in [6.45, 7) is 1.61. The zero-order chi connectivity index (χ0) is 23.2. The highest BCUT2D eigenvalue weighted by Crippen LogP contribution is 2.23. The predicted octanol–water partition coefficient (Wildman–Crippen LogP) is 4.70. The van der Waals surface area contributed by atoms with Crippen LogP contribution in [0.25, 0.3) is 22.1 Å². The number of fused-ring (bicyclic) bond motifs is 1. The first-order chi connectivity index (χ1) is 16.0. The maximum atomic E-state index is 12.3. The number of hydrogen-bond donors (Lipinski definition) is 2. The molecule has 1 unspecified atom stereocenters. The fourth-order valence-electron chi connectivity index (χ4n) is 3.19. The minimum atomic E-state index is -0.792. The Labute approximate surface area is 195 Å². The first kappa shape index (κ1) is 22.4. The van der Waals surface area contributed by atoms with Gasteiger partial charge in [0.1, 0.15) is 5.75 Å². The average molecular weight is 464 g/mol. The Bertz CT molecular complexity index is 1270. The maximum absolute atomic E-state index is 12.3. The van der Waals surface area contributed by atoms with Crippen LogP contribution >= 0.6 is 11.6 Å². The molecule has 8 heteroatoms. The highest BCUT2D eigenvalue weighted by atomic mass is 35.5. The van der Waals surface area contributed by atoms with Crippen LogP contribution in [0.2, 0.25) is 5.02 Å². The van der Waals surface area contributed by atoms with E-state index in [0.717, 1.165) is 16.3 Å². The van der Waals surface area contributed by atoms with Crippen molar-refractivity contribution in [1.82, 2.24) is 15.8 Å². The lowest BCUT2D eigenvalue weighted by Gasteiger charge is -2.15. The van der Waals surface area contributed by atoms with Crippen molar-refractivity contribution in [2.75, 3.05) is 0 Å². The molecule has 168 valence electrons. The first-order valence-electron chi connectivity index (χ1n) is 10.4.